The van der Waals surface area contributed by atoms with Crippen molar-refractivity contribution in [2.45, 2.75) is 58.0 Å². The Labute approximate surface area is 254 Å². The minimum absolute atomic E-state index is 0.0392. The number of nitrogens with one attached hydrogen (secondary N) is 2. The molecule has 0 aliphatic heterocycles. The van der Waals surface area contributed by atoms with Gasteiger partial charge in [-0.1, -0.05) is 61.0 Å². The Hall–Kier alpha value is -3.34. The second-order valence-corrected chi connectivity index (χ2v) is 11.7. The number of nitrogens with zero attached hydrogens (tertiary/aromatic N) is 3. The number of carbonyl (C=O) groups is 3. The van der Waals surface area contributed by atoms with Crippen LogP contribution >= 0.6 is 35.0 Å². The van der Waals surface area contributed by atoms with Crippen LogP contribution in [0.1, 0.15) is 66.7 Å². The highest BCUT2D eigenvalue weighted by Gasteiger charge is 2.25. The highest BCUT2D eigenvalue weighted by Crippen LogP contribution is 2.27. The summed E-state index contributed by atoms with van der Waals surface area (Å²) >= 11 is 13.4. The number of allylic oxidation sites excluding steroid dienone is 1. The van der Waals surface area contributed by atoms with Crippen LogP contribution in [-0.4, -0.2) is 44.4 Å². The van der Waals surface area contributed by atoms with Gasteiger partial charge in [0.15, 0.2) is 11.0 Å². The first-order valence-electron chi connectivity index (χ1n) is 13.0. The summed E-state index contributed by atoms with van der Waals surface area (Å²) in [5.74, 6) is -0.307. The number of halogens is 2. The summed E-state index contributed by atoms with van der Waals surface area (Å²) in [7, 11) is 0. The maximum absolute atomic E-state index is 13.1. The van der Waals surface area contributed by atoms with Crippen molar-refractivity contribution >= 4 is 58.4 Å². The number of amides is 2. The van der Waals surface area contributed by atoms with Crippen LogP contribution in [-0.2, 0) is 16.1 Å². The normalized spacial score (nSPS) is 11.8. The van der Waals surface area contributed by atoms with E-state index in [-0.39, 0.29) is 34.6 Å². The molecule has 1 heterocycles. The molecule has 0 saturated carbocycles. The zero-order valence-electron chi connectivity index (χ0n) is 23.3. The predicted octanol–water partition coefficient (Wildman–Crippen LogP) is 6.58. The molecule has 41 heavy (non-hydrogen) atoms. The molecule has 0 aliphatic carbocycles. The van der Waals surface area contributed by atoms with Gasteiger partial charge >= 0.3 is 5.97 Å². The third kappa shape index (κ3) is 9.34. The van der Waals surface area contributed by atoms with Crippen LogP contribution in [0.2, 0.25) is 10.0 Å². The molecule has 2 aromatic carbocycles. The van der Waals surface area contributed by atoms with Crippen LogP contribution in [0, 0.1) is 5.92 Å². The van der Waals surface area contributed by atoms with Gasteiger partial charge in [0.1, 0.15) is 0 Å². The van der Waals surface area contributed by atoms with Gasteiger partial charge in [-0.3, -0.25) is 9.59 Å². The summed E-state index contributed by atoms with van der Waals surface area (Å²) < 4.78 is 7.05. The van der Waals surface area contributed by atoms with Crippen molar-refractivity contribution in [3.63, 3.8) is 0 Å². The monoisotopic (exact) mass is 617 g/mol. The van der Waals surface area contributed by atoms with Gasteiger partial charge in [0.05, 0.1) is 34.0 Å². The molecule has 3 aromatic rings. The lowest BCUT2D eigenvalue weighted by molar-refractivity contribution is -0.113. The first-order chi connectivity index (χ1) is 19.5. The molecule has 9 nitrogen and oxygen atoms in total. The number of carbonyl (C=O) groups excluding carboxylic acids is 3. The van der Waals surface area contributed by atoms with E-state index >= 15 is 0 Å². The second-order valence-electron chi connectivity index (χ2n) is 9.89. The smallest absolute Gasteiger partial charge is 0.338 e. The molecule has 2 N–H and O–H groups in total. The third-order valence-corrected chi connectivity index (χ3v) is 7.13. The molecule has 0 fully saturated rings. The topological polar surface area (TPSA) is 115 Å². The van der Waals surface area contributed by atoms with Crippen LogP contribution in [0.25, 0.3) is 0 Å². The number of ether oxygens (including phenoxy) is 1. The van der Waals surface area contributed by atoms with Crippen molar-refractivity contribution in [2.24, 2.45) is 5.92 Å². The Balaban J connectivity index is 1.75. The van der Waals surface area contributed by atoms with E-state index in [2.05, 4.69) is 27.4 Å². The Morgan fingerprint density at radius 3 is 2.51 bits per heavy atom. The maximum Gasteiger partial charge on any atom is 0.338 e. The predicted molar refractivity (Wildman–Crippen MR) is 163 cm³/mol. The van der Waals surface area contributed by atoms with Gasteiger partial charge in [-0.2, -0.15) is 0 Å². The molecule has 2 amide bonds. The molecule has 1 aromatic heterocycles. The van der Waals surface area contributed by atoms with Crippen molar-refractivity contribution in [2.75, 3.05) is 11.1 Å². The Bertz CT molecular complexity index is 1410. The highest BCUT2D eigenvalue weighted by atomic mass is 35.5. The van der Waals surface area contributed by atoms with Gasteiger partial charge in [0, 0.05) is 17.3 Å². The molecule has 0 unspecified atom stereocenters. The van der Waals surface area contributed by atoms with Crippen molar-refractivity contribution in [3.05, 3.63) is 82.1 Å². The minimum atomic E-state index is -0.474. The lowest BCUT2D eigenvalue weighted by atomic mass is 10.0. The number of anilines is 1. The van der Waals surface area contributed by atoms with Gasteiger partial charge in [-0.25, -0.2) is 4.79 Å². The average molecular weight is 619 g/mol. The molecular weight excluding hydrogens is 585 g/mol. The van der Waals surface area contributed by atoms with E-state index in [1.807, 2.05) is 18.4 Å². The molecule has 0 aliphatic rings. The number of benzene rings is 2. The van der Waals surface area contributed by atoms with Crippen LogP contribution < -0.4 is 10.6 Å². The number of esters is 1. The van der Waals surface area contributed by atoms with E-state index in [9.17, 15) is 14.4 Å². The van der Waals surface area contributed by atoms with Crippen molar-refractivity contribution in [3.8, 4) is 0 Å². The van der Waals surface area contributed by atoms with E-state index in [0.29, 0.717) is 45.8 Å². The standard InChI is InChI=1S/C29H33Cl2N5O4S/c1-6-12-36-26(24(13-17(2)3)33-27(38)22-11-10-20(30)15-23(22)31)34-35-29(36)41-16-25(37)32-21-9-7-8-19(14-21)28(39)40-18(4)5/h6-11,14-15,17-18,24H,1,12-13,16H2,2-5H3,(H,32,37)(H,33,38)/t24-/m1/s1. The molecule has 12 heteroatoms. The fourth-order valence-electron chi connectivity index (χ4n) is 3.91. The van der Waals surface area contributed by atoms with Gasteiger partial charge in [-0.15, -0.1) is 16.8 Å². The summed E-state index contributed by atoms with van der Waals surface area (Å²) in [5.41, 5.74) is 1.12. The average Bonchev–Trinajstić information content (AvgIpc) is 3.29. The second kappa shape index (κ2) is 15.0. The Morgan fingerprint density at radius 2 is 1.85 bits per heavy atom. The highest BCUT2D eigenvalue weighted by molar-refractivity contribution is 7.99. The van der Waals surface area contributed by atoms with E-state index in [0.717, 1.165) is 0 Å². The number of hydrogen-bond acceptors (Lipinski definition) is 7. The molecule has 218 valence electrons. The maximum atomic E-state index is 13.1. The molecule has 1 atom stereocenters. The molecule has 0 bridgehead atoms. The Morgan fingerprint density at radius 1 is 1.10 bits per heavy atom. The number of hydrogen-bond donors (Lipinski definition) is 2. The third-order valence-electron chi connectivity index (χ3n) is 5.61. The van der Waals surface area contributed by atoms with E-state index < -0.39 is 12.0 Å². The summed E-state index contributed by atoms with van der Waals surface area (Å²) in [4.78, 5) is 38.1. The Kier molecular flexibility index (Phi) is 11.8. The fraction of sp³-hybridized carbons (Fsp3) is 0.345. The van der Waals surface area contributed by atoms with Crippen LogP contribution in [0.5, 0.6) is 0 Å². The van der Waals surface area contributed by atoms with E-state index in [1.54, 1.807) is 56.3 Å². The molecular formula is C29H33Cl2N5O4S. The summed E-state index contributed by atoms with van der Waals surface area (Å²) in [6, 6.07) is 10.8. The van der Waals surface area contributed by atoms with Gasteiger partial charge in [0.2, 0.25) is 5.91 Å². The largest absolute Gasteiger partial charge is 0.459 e. The number of rotatable bonds is 13. The molecule has 0 saturated heterocycles. The summed E-state index contributed by atoms with van der Waals surface area (Å²) in [6.45, 7) is 11.8. The number of thioether (sulfide) groups is 1. The van der Waals surface area contributed by atoms with Crippen LogP contribution in [0.3, 0.4) is 0 Å². The lowest BCUT2D eigenvalue weighted by Gasteiger charge is -2.21. The fourth-order valence-corrected chi connectivity index (χ4v) is 5.16. The van der Waals surface area contributed by atoms with E-state index in [1.165, 1.54) is 17.8 Å². The van der Waals surface area contributed by atoms with Gasteiger partial charge < -0.3 is 19.9 Å². The quantitative estimate of drug-likeness (QED) is 0.126. The summed E-state index contributed by atoms with van der Waals surface area (Å²) in [6.07, 6.45) is 2.04. The lowest BCUT2D eigenvalue weighted by Crippen LogP contribution is -2.32. The molecule has 3 rings (SSSR count). The zero-order valence-corrected chi connectivity index (χ0v) is 25.6. The first kappa shape index (κ1) is 32.2. The first-order valence-corrected chi connectivity index (χ1v) is 14.8. The minimum Gasteiger partial charge on any atom is -0.459 e. The van der Waals surface area contributed by atoms with Gasteiger partial charge in [-0.05, 0) is 62.6 Å². The summed E-state index contributed by atoms with van der Waals surface area (Å²) in [5, 5.41) is 15.7. The molecule has 0 radical (unpaired) electrons. The van der Waals surface area contributed by atoms with E-state index in [4.69, 9.17) is 27.9 Å². The van der Waals surface area contributed by atoms with Crippen molar-refractivity contribution < 1.29 is 19.1 Å². The van der Waals surface area contributed by atoms with Crippen LogP contribution in [0.15, 0.2) is 60.3 Å². The van der Waals surface area contributed by atoms with Crippen molar-refractivity contribution in [1.82, 2.24) is 20.1 Å². The SMILES string of the molecule is C=CCn1c(SCC(=O)Nc2cccc(C(=O)OC(C)C)c2)nnc1[C@@H](CC(C)C)NC(=O)c1ccc(Cl)cc1Cl. The number of aromatic nitrogens is 3. The van der Waals surface area contributed by atoms with Gasteiger partial charge in [0.25, 0.3) is 5.91 Å². The molecule has 0 spiro atoms. The zero-order chi connectivity index (χ0) is 30.1. The van der Waals surface area contributed by atoms with Crippen LogP contribution in [0.4, 0.5) is 5.69 Å². The van der Waals surface area contributed by atoms with Crippen molar-refractivity contribution in [1.29, 1.82) is 0 Å².